The van der Waals surface area contributed by atoms with Crippen molar-refractivity contribution in [3.63, 3.8) is 0 Å². The van der Waals surface area contributed by atoms with Gasteiger partial charge in [0, 0.05) is 6.54 Å². The molecule has 0 radical (unpaired) electrons. The van der Waals surface area contributed by atoms with Crippen LogP contribution in [0.25, 0.3) is 0 Å². The fourth-order valence-corrected chi connectivity index (χ4v) is 2.18. The van der Waals surface area contributed by atoms with Crippen molar-refractivity contribution in [2.24, 2.45) is 0 Å². The van der Waals surface area contributed by atoms with Gasteiger partial charge in [0.2, 0.25) is 5.91 Å². The number of rotatable bonds is 4. The summed E-state index contributed by atoms with van der Waals surface area (Å²) in [5.74, 6) is -0.991. The van der Waals surface area contributed by atoms with Crippen LogP contribution in [0.2, 0.25) is 0 Å². The summed E-state index contributed by atoms with van der Waals surface area (Å²) in [5.41, 5.74) is 2.33. The number of hydrogen-bond acceptors (Lipinski definition) is 5. The Labute approximate surface area is 117 Å². The summed E-state index contributed by atoms with van der Waals surface area (Å²) in [6.07, 6.45) is -0.740. The lowest BCUT2D eigenvalue weighted by Crippen LogP contribution is -2.49. The number of fused-ring (bicyclic) bond motifs is 1. The van der Waals surface area contributed by atoms with Gasteiger partial charge in [0.1, 0.15) is 0 Å². The van der Waals surface area contributed by atoms with Gasteiger partial charge in [0.05, 0.1) is 19.7 Å². The van der Waals surface area contributed by atoms with Crippen molar-refractivity contribution in [2.75, 3.05) is 13.7 Å². The van der Waals surface area contributed by atoms with E-state index in [0.29, 0.717) is 13.0 Å². The third kappa shape index (κ3) is 3.34. The van der Waals surface area contributed by atoms with Crippen molar-refractivity contribution < 1.29 is 19.4 Å². The van der Waals surface area contributed by atoms with Gasteiger partial charge >= 0.3 is 5.97 Å². The molecule has 0 saturated heterocycles. The monoisotopic (exact) mass is 278 g/mol. The predicted octanol–water partition coefficient (Wildman–Crippen LogP) is -0.649. The number of nitrogens with one attached hydrogen (secondary N) is 2. The molecule has 1 aromatic carbocycles. The van der Waals surface area contributed by atoms with Crippen LogP contribution >= 0.6 is 0 Å². The molecule has 6 heteroatoms. The number of carbonyl (C=O) groups is 2. The first kappa shape index (κ1) is 14.5. The number of amides is 1. The largest absolute Gasteiger partial charge is 0.467 e. The molecule has 3 N–H and O–H groups in total. The topological polar surface area (TPSA) is 87.7 Å². The van der Waals surface area contributed by atoms with Gasteiger partial charge in [-0.2, -0.15) is 0 Å². The SMILES string of the molecule is COC(=O)C(O)CNC(=O)[C@@H]1Cc2ccccc2CN1. The molecule has 0 saturated carbocycles. The van der Waals surface area contributed by atoms with Crippen LogP contribution in [0.15, 0.2) is 24.3 Å². The smallest absolute Gasteiger partial charge is 0.336 e. The maximum atomic E-state index is 12.0. The molecular formula is C14H18N2O4. The average molecular weight is 278 g/mol. The highest BCUT2D eigenvalue weighted by Gasteiger charge is 2.25. The molecule has 1 aromatic rings. The second kappa shape index (κ2) is 6.49. The number of aliphatic hydroxyl groups excluding tert-OH is 1. The number of aliphatic hydroxyl groups is 1. The molecule has 0 aliphatic carbocycles. The predicted molar refractivity (Wildman–Crippen MR) is 71.8 cm³/mol. The van der Waals surface area contributed by atoms with Gasteiger partial charge in [0.25, 0.3) is 0 Å². The summed E-state index contributed by atoms with van der Waals surface area (Å²) in [5, 5.41) is 15.1. The van der Waals surface area contributed by atoms with E-state index in [1.165, 1.54) is 12.7 Å². The Hall–Kier alpha value is -1.92. The van der Waals surface area contributed by atoms with E-state index in [0.717, 1.165) is 5.56 Å². The molecule has 0 bridgehead atoms. The number of carbonyl (C=O) groups excluding carboxylic acids is 2. The third-order valence-corrected chi connectivity index (χ3v) is 3.34. The van der Waals surface area contributed by atoms with Crippen molar-refractivity contribution in [3.8, 4) is 0 Å². The van der Waals surface area contributed by atoms with Crippen LogP contribution in [0.3, 0.4) is 0 Å². The minimum absolute atomic E-state index is 0.147. The van der Waals surface area contributed by atoms with Gasteiger partial charge in [-0.25, -0.2) is 4.79 Å². The molecule has 0 spiro atoms. The fraction of sp³-hybridized carbons (Fsp3) is 0.429. The van der Waals surface area contributed by atoms with Crippen LogP contribution < -0.4 is 10.6 Å². The first-order valence-corrected chi connectivity index (χ1v) is 6.45. The Morgan fingerprint density at radius 3 is 2.85 bits per heavy atom. The summed E-state index contributed by atoms with van der Waals surface area (Å²) in [4.78, 5) is 23.0. The normalized spacial score (nSPS) is 18.8. The van der Waals surface area contributed by atoms with Crippen molar-refractivity contribution in [1.82, 2.24) is 10.6 Å². The van der Waals surface area contributed by atoms with Gasteiger partial charge in [-0.3, -0.25) is 4.79 Å². The summed E-state index contributed by atoms with van der Waals surface area (Å²) < 4.78 is 4.38. The molecule has 1 aliphatic rings. The van der Waals surface area contributed by atoms with Gasteiger partial charge in [-0.15, -0.1) is 0 Å². The molecule has 0 fully saturated rings. The van der Waals surface area contributed by atoms with Crippen molar-refractivity contribution in [3.05, 3.63) is 35.4 Å². The summed E-state index contributed by atoms with van der Waals surface area (Å²) in [6, 6.07) is 7.58. The minimum atomic E-state index is -1.33. The Morgan fingerprint density at radius 2 is 2.15 bits per heavy atom. The molecule has 6 nitrogen and oxygen atoms in total. The second-order valence-corrected chi connectivity index (χ2v) is 4.69. The third-order valence-electron chi connectivity index (χ3n) is 3.34. The van der Waals surface area contributed by atoms with Crippen molar-refractivity contribution in [1.29, 1.82) is 0 Å². The number of esters is 1. The first-order valence-electron chi connectivity index (χ1n) is 6.45. The highest BCUT2D eigenvalue weighted by atomic mass is 16.5. The van der Waals surface area contributed by atoms with Crippen LogP contribution in [0.1, 0.15) is 11.1 Å². The average Bonchev–Trinajstić information content (AvgIpc) is 2.50. The standard InChI is InChI=1S/C14H18N2O4/c1-20-14(19)12(17)8-16-13(18)11-6-9-4-2-3-5-10(9)7-15-11/h2-5,11-12,15,17H,6-8H2,1H3,(H,16,18)/t11-,12?/m0/s1. The number of benzene rings is 1. The van der Waals surface area contributed by atoms with E-state index >= 15 is 0 Å². The molecule has 1 unspecified atom stereocenters. The van der Waals surface area contributed by atoms with Crippen molar-refractivity contribution in [2.45, 2.75) is 25.1 Å². The molecule has 1 heterocycles. The Bertz CT molecular complexity index is 504. The Balaban J connectivity index is 1.87. The van der Waals surface area contributed by atoms with Crippen LogP contribution in [0.5, 0.6) is 0 Å². The molecule has 1 amide bonds. The lowest BCUT2D eigenvalue weighted by atomic mass is 9.95. The van der Waals surface area contributed by atoms with Gasteiger partial charge in [0.15, 0.2) is 6.10 Å². The van der Waals surface area contributed by atoms with E-state index in [1.807, 2.05) is 24.3 Å². The van der Waals surface area contributed by atoms with Gasteiger partial charge < -0.3 is 20.5 Å². The molecular weight excluding hydrogens is 260 g/mol. The van der Waals surface area contributed by atoms with Crippen LogP contribution in [-0.4, -0.2) is 42.8 Å². The lowest BCUT2D eigenvalue weighted by molar-refractivity contribution is -0.150. The number of methoxy groups -OCH3 is 1. The van der Waals surface area contributed by atoms with E-state index in [2.05, 4.69) is 15.4 Å². The van der Waals surface area contributed by atoms with E-state index in [1.54, 1.807) is 0 Å². The Morgan fingerprint density at radius 1 is 1.45 bits per heavy atom. The molecule has 20 heavy (non-hydrogen) atoms. The zero-order valence-electron chi connectivity index (χ0n) is 11.3. The maximum Gasteiger partial charge on any atom is 0.336 e. The highest BCUT2D eigenvalue weighted by molar-refractivity contribution is 5.83. The van der Waals surface area contributed by atoms with E-state index in [4.69, 9.17) is 0 Å². The van der Waals surface area contributed by atoms with Crippen LogP contribution in [0, 0.1) is 0 Å². The van der Waals surface area contributed by atoms with Crippen LogP contribution in [-0.2, 0) is 27.3 Å². The zero-order valence-corrected chi connectivity index (χ0v) is 11.3. The second-order valence-electron chi connectivity index (χ2n) is 4.69. The van der Waals surface area contributed by atoms with E-state index in [-0.39, 0.29) is 18.5 Å². The summed E-state index contributed by atoms with van der Waals surface area (Å²) in [7, 11) is 1.19. The van der Waals surface area contributed by atoms with Crippen LogP contribution in [0.4, 0.5) is 0 Å². The molecule has 108 valence electrons. The Kier molecular flexibility index (Phi) is 4.70. The van der Waals surface area contributed by atoms with E-state index in [9.17, 15) is 14.7 Å². The van der Waals surface area contributed by atoms with Gasteiger partial charge in [-0.05, 0) is 17.5 Å². The quantitative estimate of drug-likeness (QED) is 0.637. The number of ether oxygens (including phenoxy) is 1. The number of hydrogen-bond donors (Lipinski definition) is 3. The summed E-state index contributed by atoms with van der Waals surface area (Å²) >= 11 is 0. The maximum absolute atomic E-state index is 12.0. The molecule has 2 atom stereocenters. The van der Waals surface area contributed by atoms with Gasteiger partial charge in [-0.1, -0.05) is 24.3 Å². The fourth-order valence-electron chi connectivity index (χ4n) is 2.18. The summed E-state index contributed by atoms with van der Waals surface area (Å²) in [6.45, 7) is 0.485. The lowest BCUT2D eigenvalue weighted by Gasteiger charge is -2.25. The van der Waals surface area contributed by atoms with Crippen molar-refractivity contribution >= 4 is 11.9 Å². The minimum Gasteiger partial charge on any atom is -0.467 e. The highest BCUT2D eigenvalue weighted by Crippen LogP contribution is 2.16. The molecule has 0 aromatic heterocycles. The molecule has 2 rings (SSSR count). The molecule has 1 aliphatic heterocycles. The first-order chi connectivity index (χ1) is 9.61. The zero-order chi connectivity index (χ0) is 14.5. The van der Waals surface area contributed by atoms with E-state index < -0.39 is 12.1 Å².